The molecule has 1 aromatic carbocycles. The van der Waals surface area contributed by atoms with Crippen LogP contribution in [0.25, 0.3) is 21.3 Å². The molecule has 0 saturated heterocycles. The monoisotopic (exact) mass is 500 g/mol. The average Bonchev–Trinajstić information content (AvgIpc) is 3.38. The number of carbonyl (C=O) groups is 1. The van der Waals surface area contributed by atoms with Crippen LogP contribution in [0.3, 0.4) is 0 Å². The normalized spacial score (nSPS) is 24.9. The van der Waals surface area contributed by atoms with Gasteiger partial charge in [0.25, 0.3) is 0 Å². The molecule has 1 spiro atoms. The van der Waals surface area contributed by atoms with Gasteiger partial charge in [-0.2, -0.15) is 0 Å². The van der Waals surface area contributed by atoms with Crippen molar-refractivity contribution in [2.75, 3.05) is 5.32 Å². The van der Waals surface area contributed by atoms with Gasteiger partial charge in [0.2, 0.25) is 11.8 Å². The quantitative estimate of drug-likeness (QED) is 0.497. The molecule has 3 saturated carbocycles. The SMILES string of the molecule is O=C(Nc1nc2ccc(-c3cnc(CO[C@H]4CCC[C@@H]4O)nc3)cc2s1)C1CC2(C1)CC(F)(F)C2. The molecular weight excluding hydrogens is 474 g/mol. The number of fused-ring (bicyclic) bond motifs is 1. The minimum atomic E-state index is -2.55. The van der Waals surface area contributed by atoms with Gasteiger partial charge >= 0.3 is 0 Å². The second-order valence-corrected chi connectivity index (χ2v) is 11.3. The Bertz CT molecular complexity index is 1250. The third-order valence-corrected chi connectivity index (χ3v) is 8.43. The lowest BCUT2D eigenvalue weighted by Gasteiger charge is -2.56. The van der Waals surface area contributed by atoms with E-state index < -0.39 is 12.0 Å². The largest absolute Gasteiger partial charge is 0.390 e. The minimum absolute atomic E-state index is 0.0882. The summed E-state index contributed by atoms with van der Waals surface area (Å²) in [6.45, 7) is 0.267. The van der Waals surface area contributed by atoms with E-state index in [1.54, 1.807) is 12.4 Å². The molecule has 184 valence electrons. The van der Waals surface area contributed by atoms with Crippen LogP contribution in [0.2, 0.25) is 0 Å². The van der Waals surface area contributed by atoms with Crippen LogP contribution < -0.4 is 5.32 Å². The number of amides is 1. The van der Waals surface area contributed by atoms with Crippen molar-refractivity contribution < 1.29 is 23.4 Å². The predicted octanol–water partition coefficient (Wildman–Crippen LogP) is 4.95. The molecule has 0 aliphatic heterocycles. The van der Waals surface area contributed by atoms with E-state index in [2.05, 4.69) is 20.3 Å². The number of thiazole rings is 1. The Balaban J connectivity index is 1.07. The fourth-order valence-corrected chi connectivity index (χ4v) is 6.64. The van der Waals surface area contributed by atoms with Crippen molar-refractivity contribution in [1.29, 1.82) is 0 Å². The number of hydrogen-bond acceptors (Lipinski definition) is 7. The Hall–Kier alpha value is -2.56. The number of aliphatic hydroxyl groups excluding tert-OH is 1. The van der Waals surface area contributed by atoms with Crippen molar-refractivity contribution in [2.24, 2.45) is 11.3 Å². The van der Waals surface area contributed by atoms with Crippen LogP contribution in [0.1, 0.15) is 50.8 Å². The summed E-state index contributed by atoms with van der Waals surface area (Å²) < 4.78 is 33.1. The Kier molecular flexibility index (Phi) is 5.58. The number of ether oxygens (including phenoxy) is 1. The van der Waals surface area contributed by atoms with Gasteiger partial charge in [-0.05, 0) is 55.2 Å². The Morgan fingerprint density at radius 2 is 1.94 bits per heavy atom. The highest BCUT2D eigenvalue weighted by molar-refractivity contribution is 7.22. The van der Waals surface area contributed by atoms with Gasteiger partial charge in [0.1, 0.15) is 6.61 Å². The summed E-state index contributed by atoms with van der Waals surface area (Å²) >= 11 is 1.38. The van der Waals surface area contributed by atoms with Gasteiger partial charge in [0.05, 0.1) is 22.4 Å². The Morgan fingerprint density at radius 3 is 2.63 bits per heavy atom. The molecule has 0 bridgehead atoms. The van der Waals surface area contributed by atoms with Crippen molar-refractivity contribution in [3.63, 3.8) is 0 Å². The maximum atomic E-state index is 13.2. The molecule has 10 heteroatoms. The van der Waals surface area contributed by atoms with E-state index in [1.165, 1.54) is 11.3 Å². The summed E-state index contributed by atoms with van der Waals surface area (Å²) in [5.41, 5.74) is 2.24. The van der Waals surface area contributed by atoms with Crippen LogP contribution in [0.15, 0.2) is 30.6 Å². The van der Waals surface area contributed by atoms with E-state index in [0.29, 0.717) is 23.8 Å². The second kappa shape index (κ2) is 8.53. The summed E-state index contributed by atoms with van der Waals surface area (Å²) in [6, 6.07) is 5.81. The van der Waals surface area contributed by atoms with Crippen molar-refractivity contribution >= 4 is 32.6 Å². The fourth-order valence-electron chi connectivity index (χ4n) is 5.73. The minimum Gasteiger partial charge on any atom is -0.390 e. The third kappa shape index (κ3) is 4.54. The zero-order valence-corrected chi connectivity index (χ0v) is 19.9. The number of nitrogens with one attached hydrogen (secondary N) is 1. The highest BCUT2D eigenvalue weighted by Gasteiger charge is 2.62. The predicted molar refractivity (Wildman–Crippen MR) is 127 cm³/mol. The van der Waals surface area contributed by atoms with E-state index in [-0.39, 0.29) is 42.8 Å². The third-order valence-electron chi connectivity index (χ3n) is 7.50. The first kappa shape index (κ1) is 22.9. The van der Waals surface area contributed by atoms with Crippen molar-refractivity contribution in [2.45, 2.75) is 69.7 Å². The molecule has 2 heterocycles. The van der Waals surface area contributed by atoms with Crippen LogP contribution in [-0.4, -0.2) is 44.1 Å². The lowest BCUT2D eigenvalue weighted by Crippen LogP contribution is -2.55. The van der Waals surface area contributed by atoms with Crippen LogP contribution in [0, 0.1) is 11.3 Å². The van der Waals surface area contributed by atoms with Gasteiger partial charge < -0.3 is 15.2 Å². The summed E-state index contributed by atoms with van der Waals surface area (Å²) in [6.07, 6.45) is 6.44. The number of halogens is 2. The molecule has 2 atom stereocenters. The Morgan fingerprint density at radius 1 is 1.17 bits per heavy atom. The van der Waals surface area contributed by atoms with Crippen molar-refractivity contribution in [3.8, 4) is 11.1 Å². The number of aromatic nitrogens is 3. The first-order valence-electron chi connectivity index (χ1n) is 12.0. The van der Waals surface area contributed by atoms with E-state index in [4.69, 9.17) is 4.74 Å². The van der Waals surface area contributed by atoms with E-state index in [0.717, 1.165) is 40.6 Å². The molecule has 3 aliphatic carbocycles. The maximum absolute atomic E-state index is 13.2. The molecule has 35 heavy (non-hydrogen) atoms. The average molecular weight is 501 g/mol. The van der Waals surface area contributed by atoms with Crippen LogP contribution in [0.5, 0.6) is 0 Å². The number of hydrogen-bond donors (Lipinski definition) is 2. The number of nitrogens with zero attached hydrogens (tertiary/aromatic N) is 3. The molecular formula is C25H26F2N4O3S. The number of rotatable bonds is 6. The highest BCUT2D eigenvalue weighted by Crippen LogP contribution is 2.64. The van der Waals surface area contributed by atoms with Gasteiger partial charge in [-0.25, -0.2) is 23.7 Å². The number of benzene rings is 1. The molecule has 3 fully saturated rings. The summed E-state index contributed by atoms with van der Waals surface area (Å²) in [5.74, 6) is -2.34. The highest BCUT2D eigenvalue weighted by atomic mass is 32.1. The van der Waals surface area contributed by atoms with Crippen molar-refractivity contribution in [1.82, 2.24) is 15.0 Å². The lowest BCUT2D eigenvalue weighted by molar-refractivity contribution is -0.206. The maximum Gasteiger partial charge on any atom is 0.249 e. The summed E-state index contributed by atoms with van der Waals surface area (Å²) in [4.78, 5) is 25.9. The molecule has 1 amide bonds. The molecule has 0 radical (unpaired) electrons. The number of carbonyl (C=O) groups excluding carboxylic acids is 1. The van der Waals surface area contributed by atoms with Gasteiger partial charge in [0, 0.05) is 36.7 Å². The smallest absolute Gasteiger partial charge is 0.249 e. The van der Waals surface area contributed by atoms with Crippen LogP contribution in [0.4, 0.5) is 13.9 Å². The van der Waals surface area contributed by atoms with Gasteiger partial charge in [-0.15, -0.1) is 0 Å². The van der Waals surface area contributed by atoms with Gasteiger partial charge in [0.15, 0.2) is 11.0 Å². The van der Waals surface area contributed by atoms with E-state index in [9.17, 15) is 18.7 Å². The molecule has 3 aliphatic rings. The fraction of sp³-hybridized carbons (Fsp3) is 0.520. The zero-order valence-electron chi connectivity index (χ0n) is 19.0. The summed E-state index contributed by atoms with van der Waals surface area (Å²) in [7, 11) is 0. The number of aliphatic hydroxyl groups is 1. The van der Waals surface area contributed by atoms with Crippen molar-refractivity contribution in [3.05, 3.63) is 36.4 Å². The standard InChI is InChI=1S/C25H26F2N4O3S/c26-25(27)12-24(13-25)7-15(8-24)22(33)31-23-30-17-5-4-14(6-20(17)35-23)16-9-28-21(29-10-16)11-34-19-3-1-2-18(19)32/h4-6,9-10,15,18-19,32H,1-3,7-8,11-13H2,(H,30,31,33)/t18-,19-/m0/s1. The topological polar surface area (TPSA) is 97.2 Å². The van der Waals surface area contributed by atoms with Crippen LogP contribution >= 0.6 is 11.3 Å². The Labute approximate surface area is 205 Å². The van der Waals surface area contributed by atoms with Gasteiger partial charge in [-0.1, -0.05) is 17.4 Å². The van der Waals surface area contributed by atoms with Crippen LogP contribution in [-0.2, 0) is 16.1 Å². The molecule has 2 N–H and O–H groups in total. The van der Waals surface area contributed by atoms with E-state index >= 15 is 0 Å². The first-order chi connectivity index (χ1) is 16.8. The van der Waals surface area contributed by atoms with Gasteiger partial charge in [-0.3, -0.25) is 4.79 Å². The zero-order chi connectivity index (χ0) is 24.2. The van der Waals surface area contributed by atoms with E-state index in [1.807, 2.05) is 18.2 Å². The molecule has 0 unspecified atom stereocenters. The number of anilines is 1. The first-order valence-corrected chi connectivity index (χ1v) is 12.8. The second-order valence-electron chi connectivity index (χ2n) is 10.2. The number of alkyl halides is 2. The molecule has 3 aromatic rings. The molecule has 6 rings (SSSR count). The lowest BCUT2D eigenvalue weighted by atomic mass is 9.50. The molecule has 2 aromatic heterocycles. The summed E-state index contributed by atoms with van der Waals surface area (Å²) in [5, 5.41) is 13.3. The molecule has 7 nitrogen and oxygen atoms in total.